The van der Waals surface area contributed by atoms with E-state index in [1.54, 1.807) is 49.4 Å². The summed E-state index contributed by atoms with van der Waals surface area (Å²) in [6.45, 7) is 1.80. The van der Waals surface area contributed by atoms with Crippen LogP contribution in [-0.2, 0) is 19.2 Å². The maximum atomic E-state index is 14.1. The minimum Gasteiger partial charge on any atom is -0.508 e. The molecule has 3 fully saturated rings. The van der Waals surface area contributed by atoms with Crippen molar-refractivity contribution in [3.8, 4) is 5.75 Å². The number of phenols is 1. The van der Waals surface area contributed by atoms with Crippen LogP contribution in [0.2, 0.25) is 0 Å². The predicted molar refractivity (Wildman–Crippen MR) is 130 cm³/mol. The molecule has 2 aliphatic carbocycles. The molecule has 2 aromatic carbocycles. The number of imide groups is 2. The summed E-state index contributed by atoms with van der Waals surface area (Å²) < 4.78 is 0.729. The molecule has 6 atom stereocenters. The standard InChI is InChI=1S/C27H23BrN2O5/c1-27-19(25(34)30(26(27)35)14-5-3-2-4-6-14)12-17-15(8-9-16-21(17)24(33)29-23(16)32)22(27)18-11-13(28)7-10-20(18)31/h2-8,10-11,16-17,19,21-22,31H,9,12H2,1H3,(H,29,32,33). The molecule has 6 unspecified atom stereocenters. The van der Waals surface area contributed by atoms with E-state index in [1.807, 2.05) is 12.1 Å². The van der Waals surface area contributed by atoms with Gasteiger partial charge in [-0.2, -0.15) is 0 Å². The highest BCUT2D eigenvalue weighted by atomic mass is 79.9. The number of amides is 4. The monoisotopic (exact) mass is 534 g/mol. The van der Waals surface area contributed by atoms with Crippen molar-refractivity contribution >= 4 is 45.2 Å². The molecule has 0 aromatic heterocycles. The number of allylic oxidation sites excluding steroid dienone is 2. The Bertz CT molecular complexity index is 1340. The number of nitrogens with zero attached hydrogens (tertiary/aromatic N) is 1. The largest absolute Gasteiger partial charge is 0.508 e. The van der Waals surface area contributed by atoms with E-state index < -0.39 is 29.1 Å². The summed E-state index contributed by atoms with van der Waals surface area (Å²) in [6, 6.07) is 13.9. The molecule has 2 saturated heterocycles. The number of benzene rings is 2. The van der Waals surface area contributed by atoms with Gasteiger partial charge in [-0.1, -0.05) is 45.8 Å². The van der Waals surface area contributed by atoms with Gasteiger partial charge in [0.25, 0.3) is 0 Å². The van der Waals surface area contributed by atoms with Gasteiger partial charge in [0.15, 0.2) is 0 Å². The van der Waals surface area contributed by atoms with E-state index in [0.717, 1.165) is 10.0 Å². The van der Waals surface area contributed by atoms with Crippen LogP contribution in [0.5, 0.6) is 5.75 Å². The summed E-state index contributed by atoms with van der Waals surface area (Å²) >= 11 is 3.48. The van der Waals surface area contributed by atoms with Crippen LogP contribution < -0.4 is 10.2 Å². The minimum atomic E-state index is -1.17. The number of nitrogens with one attached hydrogen (secondary N) is 1. The highest BCUT2D eigenvalue weighted by Crippen LogP contribution is 2.64. The van der Waals surface area contributed by atoms with Gasteiger partial charge in [0.2, 0.25) is 23.6 Å². The van der Waals surface area contributed by atoms with E-state index >= 15 is 0 Å². The number of fused-ring (bicyclic) bond motifs is 4. The number of rotatable bonds is 2. The van der Waals surface area contributed by atoms with Crippen molar-refractivity contribution in [2.24, 2.45) is 29.1 Å². The van der Waals surface area contributed by atoms with Crippen molar-refractivity contribution in [2.45, 2.75) is 25.7 Å². The van der Waals surface area contributed by atoms with Crippen molar-refractivity contribution < 1.29 is 24.3 Å². The minimum absolute atomic E-state index is 0.0206. The maximum absolute atomic E-state index is 14.1. The number of anilines is 1. The number of hydrogen-bond donors (Lipinski definition) is 2. The van der Waals surface area contributed by atoms with Crippen LogP contribution in [0, 0.1) is 29.1 Å². The lowest BCUT2D eigenvalue weighted by Gasteiger charge is -2.49. The molecule has 2 aromatic rings. The van der Waals surface area contributed by atoms with E-state index in [-0.39, 0.29) is 35.3 Å². The van der Waals surface area contributed by atoms with E-state index in [0.29, 0.717) is 24.1 Å². The van der Waals surface area contributed by atoms with E-state index in [9.17, 15) is 24.3 Å². The van der Waals surface area contributed by atoms with Crippen LogP contribution in [-0.4, -0.2) is 28.7 Å². The Morgan fingerprint density at radius 3 is 2.51 bits per heavy atom. The second-order valence-electron chi connectivity index (χ2n) is 10.1. The lowest BCUT2D eigenvalue weighted by molar-refractivity contribution is -0.131. The average Bonchev–Trinajstić information content (AvgIpc) is 3.24. The molecule has 2 N–H and O–H groups in total. The second kappa shape index (κ2) is 7.62. The van der Waals surface area contributed by atoms with Crippen LogP contribution >= 0.6 is 15.9 Å². The number of aromatic hydroxyl groups is 1. The van der Waals surface area contributed by atoms with Gasteiger partial charge in [-0.05, 0) is 56.0 Å². The smallest absolute Gasteiger partial charge is 0.241 e. The van der Waals surface area contributed by atoms with Crippen molar-refractivity contribution in [3.63, 3.8) is 0 Å². The van der Waals surface area contributed by atoms with Crippen LogP contribution in [0.4, 0.5) is 5.69 Å². The Morgan fingerprint density at radius 2 is 1.77 bits per heavy atom. The first kappa shape index (κ1) is 22.2. The number of carbonyl (C=O) groups excluding carboxylic acids is 4. The van der Waals surface area contributed by atoms with E-state index in [4.69, 9.17) is 0 Å². The molecule has 0 radical (unpaired) electrons. The lowest BCUT2D eigenvalue weighted by Crippen LogP contribution is -2.48. The maximum Gasteiger partial charge on any atom is 0.241 e. The van der Waals surface area contributed by atoms with E-state index in [1.165, 1.54) is 4.90 Å². The Hall–Kier alpha value is -3.26. The topological polar surface area (TPSA) is 104 Å². The molecule has 6 rings (SSSR count). The molecular weight excluding hydrogens is 512 g/mol. The molecule has 4 aliphatic rings. The molecule has 4 amide bonds. The van der Waals surface area contributed by atoms with Crippen molar-refractivity contribution in [1.82, 2.24) is 5.32 Å². The van der Waals surface area contributed by atoms with Gasteiger partial charge in [0.05, 0.1) is 28.9 Å². The molecule has 2 aliphatic heterocycles. The fraction of sp³-hybridized carbons (Fsp3) is 0.333. The summed E-state index contributed by atoms with van der Waals surface area (Å²) in [7, 11) is 0. The second-order valence-corrected chi connectivity index (χ2v) is 11.0. The van der Waals surface area contributed by atoms with Crippen LogP contribution in [0.15, 0.2) is 64.7 Å². The van der Waals surface area contributed by atoms with Crippen LogP contribution in [0.1, 0.15) is 31.2 Å². The van der Waals surface area contributed by atoms with Gasteiger partial charge in [0, 0.05) is 16.0 Å². The zero-order valence-corrected chi connectivity index (χ0v) is 20.5. The summed E-state index contributed by atoms with van der Waals surface area (Å²) in [5, 5.41) is 13.4. The van der Waals surface area contributed by atoms with Gasteiger partial charge in [0.1, 0.15) is 5.75 Å². The molecule has 8 heteroatoms. The first-order valence-corrected chi connectivity index (χ1v) is 12.5. The highest BCUT2D eigenvalue weighted by Gasteiger charge is 2.67. The third kappa shape index (κ3) is 2.95. The Balaban J connectivity index is 1.57. The van der Waals surface area contributed by atoms with Crippen molar-refractivity contribution in [3.05, 3.63) is 70.2 Å². The first-order chi connectivity index (χ1) is 16.7. The highest BCUT2D eigenvalue weighted by molar-refractivity contribution is 9.10. The Kier molecular flexibility index (Phi) is 4.84. The molecular formula is C27H23BrN2O5. The van der Waals surface area contributed by atoms with Gasteiger partial charge in [-0.15, -0.1) is 0 Å². The quantitative estimate of drug-likeness (QED) is 0.451. The number of phenolic OH excluding ortho intramolecular Hbond substituents is 1. The van der Waals surface area contributed by atoms with Gasteiger partial charge < -0.3 is 5.11 Å². The van der Waals surface area contributed by atoms with Gasteiger partial charge >= 0.3 is 0 Å². The van der Waals surface area contributed by atoms with Gasteiger partial charge in [-0.25, -0.2) is 4.90 Å². The first-order valence-electron chi connectivity index (χ1n) is 11.7. The zero-order valence-electron chi connectivity index (χ0n) is 18.9. The molecule has 2 heterocycles. The SMILES string of the molecule is CC12C(=O)N(c3ccccc3)C(=O)C1CC1C(=CCC3C(=O)NC(=O)C31)C2c1cc(Br)ccc1O. The summed E-state index contributed by atoms with van der Waals surface area (Å²) in [5.41, 5.74) is 0.708. The molecule has 35 heavy (non-hydrogen) atoms. The Morgan fingerprint density at radius 1 is 1.03 bits per heavy atom. The summed E-state index contributed by atoms with van der Waals surface area (Å²) in [4.78, 5) is 54.5. The number of halogens is 1. The van der Waals surface area contributed by atoms with Gasteiger partial charge in [-0.3, -0.25) is 24.5 Å². The fourth-order valence-corrected chi connectivity index (χ4v) is 7.23. The number of carbonyl (C=O) groups is 4. The van der Waals surface area contributed by atoms with E-state index in [2.05, 4.69) is 21.2 Å². The summed E-state index contributed by atoms with van der Waals surface area (Å²) in [5.74, 6) is -4.00. The number of hydrogen-bond acceptors (Lipinski definition) is 5. The average molecular weight is 535 g/mol. The molecule has 7 nitrogen and oxygen atoms in total. The van der Waals surface area contributed by atoms with Crippen molar-refractivity contribution in [2.75, 3.05) is 4.90 Å². The van der Waals surface area contributed by atoms with Crippen LogP contribution in [0.25, 0.3) is 0 Å². The van der Waals surface area contributed by atoms with Crippen LogP contribution in [0.3, 0.4) is 0 Å². The molecule has 1 saturated carbocycles. The number of para-hydroxylation sites is 1. The Labute approximate surface area is 210 Å². The summed E-state index contributed by atoms with van der Waals surface area (Å²) in [6.07, 6.45) is 2.63. The lowest BCUT2D eigenvalue weighted by atomic mass is 9.51. The normalized spacial score (nSPS) is 33.7. The molecule has 0 spiro atoms. The van der Waals surface area contributed by atoms with Crippen molar-refractivity contribution in [1.29, 1.82) is 0 Å². The third-order valence-electron chi connectivity index (χ3n) is 8.43. The molecule has 0 bridgehead atoms. The fourth-order valence-electron chi connectivity index (χ4n) is 6.85. The third-order valence-corrected chi connectivity index (χ3v) is 8.93. The molecule has 178 valence electrons. The predicted octanol–water partition coefficient (Wildman–Crippen LogP) is 3.67. The zero-order chi connectivity index (χ0) is 24.6.